The molecule has 3 aromatic heterocycles. The van der Waals surface area contributed by atoms with Crippen LogP contribution in [0.25, 0.3) is 33.6 Å². The van der Waals surface area contributed by atoms with E-state index in [4.69, 9.17) is 14.5 Å². The Morgan fingerprint density at radius 3 is 2.49 bits per heavy atom. The van der Waals surface area contributed by atoms with Gasteiger partial charge in [-0.3, -0.25) is 4.79 Å². The Labute approximate surface area is 275 Å². The molecule has 13 heteroatoms. The Balaban J connectivity index is 1.36. The van der Waals surface area contributed by atoms with Crippen LogP contribution in [0.4, 0.5) is 4.79 Å². The molecule has 0 bridgehead atoms. The molecule has 6 rings (SSSR count). The van der Waals surface area contributed by atoms with Crippen molar-refractivity contribution in [3.8, 4) is 17.3 Å². The molecule has 2 fully saturated rings. The third-order valence-electron chi connectivity index (χ3n) is 8.83. The molecule has 252 valence electrons. The number of nitrogens with one attached hydrogen (secondary N) is 1. The zero-order chi connectivity index (χ0) is 33.8. The number of fused-ring (bicyclic) bond motifs is 2. The van der Waals surface area contributed by atoms with Gasteiger partial charge in [-0.25, -0.2) is 23.2 Å². The highest BCUT2D eigenvalue weighted by molar-refractivity contribution is 7.91. The number of imidazole rings is 1. The zero-order valence-corrected chi connectivity index (χ0v) is 29.0. The lowest BCUT2D eigenvalue weighted by Gasteiger charge is -2.33. The first-order valence-corrected chi connectivity index (χ1v) is 17.8. The number of sulfone groups is 1. The molecular weight excluding hydrogens is 620 g/mol. The van der Waals surface area contributed by atoms with Crippen LogP contribution in [-0.2, 0) is 28.2 Å². The molecule has 0 spiro atoms. The van der Waals surface area contributed by atoms with Crippen LogP contribution < -0.4 is 10.1 Å². The van der Waals surface area contributed by atoms with E-state index < -0.39 is 26.8 Å². The van der Waals surface area contributed by atoms with E-state index in [-0.39, 0.29) is 17.0 Å². The lowest BCUT2D eigenvalue weighted by atomic mass is 10.0. The van der Waals surface area contributed by atoms with Gasteiger partial charge in [0.05, 0.1) is 23.6 Å². The first kappa shape index (κ1) is 32.8. The fourth-order valence-corrected chi connectivity index (χ4v) is 7.15. The van der Waals surface area contributed by atoms with Crippen LogP contribution in [-0.4, -0.2) is 81.5 Å². The van der Waals surface area contributed by atoms with Crippen LogP contribution in [0.5, 0.6) is 5.75 Å². The number of hydrogen-bond acceptors (Lipinski definition) is 8. The number of likely N-dealkylation sites (tertiary alicyclic amines) is 1. The average Bonchev–Trinajstić information content (AvgIpc) is 3.68. The van der Waals surface area contributed by atoms with E-state index in [9.17, 15) is 18.0 Å². The van der Waals surface area contributed by atoms with Gasteiger partial charge in [-0.1, -0.05) is 0 Å². The number of amides is 2. The van der Waals surface area contributed by atoms with E-state index in [1.165, 1.54) is 0 Å². The van der Waals surface area contributed by atoms with Gasteiger partial charge in [0.15, 0.2) is 20.7 Å². The summed E-state index contributed by atoms with van der Waals surface area (Å²) in [4.78, 5) is 37.7. The van der Waals surface area contributed by atoms with Crippen molar-refractivity contribution in [3.63, 3.8) is 0 Å². The van der Waals surface area contributed by atoms with Crippen LogP contribution in [0, 0.1) is 5.92 Å². The van der Waals surface area contributed by atoms with Crippen molar-refractivity contribution < 1.29 is 27.5 Å². The van der Waals surface area contributed by atoms with Crippen molar-refractivity contribution in [2.24, 2.45) is 13.0 Å². The molecule has 4 heterocycles. The summed E-state index contributed by atoms with van der Waals surface area (Å²) < 4.78 is 41.3. The SMILES string of the molecule is COc1cc(C(=O)N2CCCC(NC(=O)OC(C)(C)C)C2)cc2nc(-c3cc4ccc(S(=O)(=O)C(C)C)nc4n3CC3CC3)n(C)c12. The van der Waals surface area contributed by atoms with Gasteiger partial charge in [0.1, 0.15) is 22.5 Å². The van der Waals surface area contributed by atoms with Crippen LogP contribution in [0.1, 0.15) is 70.7 Å². The van der Waals surface area contributed by atoms with E-state index in [0.29, 0.717) is 53.9 Å². The van der Waals surface area contributed by atoms with Gasteiger partial charge in [-0.2, -0.15) is 0 Å². The van der Waals surface area contributed by atoms with Gasteiger partial charge in [0, 0.05) is 43.7 Å². The number of ether oxygens (including phenoxy) is 2. The summed E-state index contributed by atoms with van der Waals surface area (Å²) >= 11 is 0. The molecule has 12 nitrogen and oxygen atoms in total. The van der Waals surface area contributed by atoms with Crippen molar-refractivity contribution in [1.82, 2.24) is 29.3 Å². The van der Waals surface area contributed by atoms with Gasteiger partial charge >= 0.3 is 6.09 Å². The molecule has 1 aliphatic heterocycles. The van der Waals surface area contributed by atoms with Crippen LogP contribution in [0.15, 0.2) is 35.4 Å². The smallest absolute Gasteiger partial charge is 0.407 e. The molecule has 1 aromatic carbocycles. The molecule has 1 aliphatic carbocycles. The summed E-state index contributed by atoms with van der Waals surface area (Å²) in [6.07, 6.45) is 3.22. The number of aromatic nitrogens is 4. The molecule has 0 radical (unpaired) electrons. The second-order valence-electron chi connectivity index (χ2n) is 14.0. The number of benzene rings is 1. The minimum absolute atomic E-state index is 0.0674. The monoisotopic (exact) mass is 664 g/mol. The number of methoxy groups -OCH3 is 1. The normalized spacial score (nSPS) is 17.4. The van der Waals surface area contributed by atoms with Gasteiger partial charge in [0.2, 0.25) is 0 Å². The lowest BCUT2D eigenvalue weighted by molar-refractivity contribution is 0.0452. The summed E-state index contributed by atoms with van der Waals surface area (Å²) in [6.45, 7) is 10.4. The second kappa shape index (κ2) is 12.1. The minimum Gasteiger partial charge on any atom is -0.494 e. The molecule has 2 amide bonds. The maximum atomic E-state index is 13.8. The Bertz CT molecular complexity index is 1970. The quantitative estimate of drug-likeness (QED) is 0.267. The first-order valence-electron chi connectivity index (χ1n) is 16.2. The highest BCUT2D eigenvalue weighted by Gasteiger charge is 2.30. The van der Waals surface area contributed by atoms with Gasteiger partial charge in [-0.05, 0) is 96.6 Å². The molecule has 1 saturated heterocycles. The molecule has 4 aromatic rings. The summed E-state index contributed by atoms with van der Waals surface area (Å²) in [5, 5.41) is 3.22. The topological polar surface area (TPSA) is 138 Å². The van der Waals surface area contributed by atoms with E-state index in [2.05, 4.69) is 14.9 Å². The summed E-state index contributed by atoms with van der Waals surface area (Å²) in [5.41, 5.74) is 2.61. The number of hydrogen-bond donors (Lipinski definition) is 1. The van der Waals surface area contributed by atoms with Crippen molar-refractivity contribution in [2.75, 3.05) is 20.2 Å². The van der Waals surface area contributed by atoms with E-state index in [1.54, 1.807) is 44.1 Å². The number of rotatable bonds is 8. The van der Waals surface area contributed by atoms with Crippen LogP contribution in [0.3, 0.4) is 0 Å². The largest absolute Gasteiger partial charge is 0.494 e. The van der Waals surface area contributed by atoms with Crippen LogP contribution >= 0.6 is 0 Å². The highest BCUT2D eigenvalue weighted by Crippen LogP contribution is 2.38. The number of piperidine rings is 1. The lowest BCUT2D eigenvalue weighted by Crippen LogP contribution is -2.50. The van der Waals surface area contributed by atoms with E-state index >= 15 is 0 Å². The number of aryl methyl sites for hydroxylation is 1. The number of alkyl carbamates (subject to hydrolysis) is 1. The Morgan fingerprint density at radius 1 is 1.09 bits per heavy atom. The summed E-state index contributed by atoms with van der Waals surface area (Å²) in [7, 11) is -0.0733. The molecule has 1 unspecified atom stereocenters. The molecule has 1 saturated carbocycles. The molecule has 47 heavy (non-hydrogen) atoms. The van der Waals surface area contributed by atoms with Gasteiger partial charge in [0.25, 0.3) is 5.91 Å². The van der Waals surface area contributed by atoms with Crippen molar-refractivity contribution >= 4 is 43.9 Å². The number of carbonyl (C=O) groups excluding carboxylic acids is 2. The Kier molecular flexibility index (Phi) is 8.48. The molecule has 2 aliphatic rings. The highest BCUT2D eigenvalue weighted by atomic mass is 32.2. The second-order valence-corrected chi connectivity index (χ2v) is 16.5. The van der Waals surface area contributed by atoms with Crippen molar-refractivity contribution in [1.29, 1.82) is 0 Å². The fraction of sp³-hybridized carbons (Fsp3) is 0.529. The molecule has 1 atom stereocenters. The van der Waals surface area contributed by atoms with Crippen molar-refractivity contribution in [3.05, 3.63) is 35.9 Å². The van der Waals surface area contributed by atoms with Crippen molar-refractivity contribution in [2.45, 2.75) is 88.8 Å². The predicted molar refractivity (Wildman–Crippen MR) is 179 cm³/mol. The molecular formula is C34H44N6O6S. The summed E-state index contributed by atoms with van der Waals surface area (Å²) in [6, 6.07) is 8.70. The maximum Gasteiger partial charge on any atom is 0.407 e. The van der Waals surface area contributed by atoms with E-state index in [1.807, 2.05) is 44.5 Å². The molecule has 1 N–H and O–H groups in total. The Morgan fingerprint density at radius 2 is 1.83 bits per heavy atom. The van der Waals surface area contributed by atoms with Crippen LogP contribution in [0.2, 0.25) is 0 Å². The van der Waals surface area contributed by atoms with Gasteiger partial charge in [-0.15, -0.1) is 0 Å². The number of carbonyl (C=O) groups is 2. The fourth-order valence-electron chi connectivity index (χ4n) is 6.19. The number of nitrogens with zero attached hydrogens (tertiary/aromatic N) is 5. The zero-order valence-electron chi connectivity index (χ0n) is 28.2. The van der Waals surface area contributed by atoms with E-state index in [0.717, 1.165) is 42.3 Å². The van der Waals surface area contributed by atoms with Gasteiger partial charge < -0.3 is 28.8 Å². The average molecular weight is 665 g/mol. The third-order valence-corrected chi connectivity index (χ3v) is 10.9. The third kappa shape index (κ3) is 6.54. The first-order chi connectivity index (χ1) is 22.2. The predicted octanol–water partition coefficient (Wildman–Crippen LogP) is 5.32. The standard InChI is InChI=1S/C34H44N6O6S/c1-20(2)47(43,44)28-13-12-22-16-26(40(30(22)37-28)18-21-10-11-21)31-36-25-15-23(17-27(45-7)29(25)38(31)6)32(41)39-14-8-9-24(19-39)35-33(42)46-34(3,4)5/h12-13,15-17,20-21,24H,8-11,14,18-19H2,1-7H3,(H,35,42). The minimum atomic E-state index is -3.55. The maximum absolute atomic E-state index is 13.8. The Hall–Kier alpha value is -4.13. The summed E-state index contributed by atoms with van der Waals surface area (Å²) in [5.74, 6) is 1.50. The number of pyridine rings is 1.